The molecule has 26 heavy (non-hydrogen) atoms. The number of halogens is 4. The van der Waals surface area contributed by atoms with Gasteiger partial charge in [-0.3, -0.25) is 9.48 Å². The molecule has 1 aromatic carbocycles. The number of hydrogen-bond acceptors (Lipinski definition) is 4. The quantitative estimate of drug-likeness (QED) is 0.726. The molecule has 2 N–H and O–H groups in total. The highest BCUT2D eigenvalue weighted by molar-refractivity contribution is 6.33. The SMILES string of the molecule is Cc1c(C(N)=O)c(C(F)F)nn1Cc1cc(-c2c(F)cccc2Cl)no1. The van der Waals surface area contributed by atoms with Gasteiger partial charge in [-0.15, -0.1) is 0 Å². The van der Waals surface area contributed by atoms with E-state index < -0.39 is 23.8 Å². The summed E-state index contributed by atoms with van der Waals surface area (Å²) in [6.45, 7) is 1.34. The predicted octanol–water partition coefficient (Wildman–Crippen LogP) is 3.72. The number of alkyl halides is 2. The lowest BCUT2D eigenvalue weighted by Crippen LogP contribution is -2.14. The number of rotatable bonds is 5. The zero-order chi connectivity index (χ0) is 19.0. The molecule has 0 saturated heterocycles. The highest BCUT2D eigenvalue weighted by Crippen LogP contribution is 2.30. The number of nitrogens with zero attached hydrogens (tertiary/aromatic N) is 3. The van der Waals surface area contributed by atoms with Gasteiger partial charge in [-0.25, -0.2) is 13.2 Å². The van der Waals surface area contributed by atoms with E-state index in [9.17, 15) is 18.0 Å². The van der Waals surface area contributed by atoms with Gasteiger partial charge in [0.15, 0.2) is 5.76 Å². The summed E-state index contributed by atoms with van der Waals surface area (Å²) in [5, 5.41) is 7.62. The molecule has 0 saturated carbocycles. The molecule has 0 fully saturated rings. The maximum Gasteiger partial charge on any atom is 0.282 e. The zero-order valence-electron chi connectivity index (χ0n) is 13.3. The normalized spacial score (nSPS) is 11.3. The average molecular weight is 385 g/mol. The first-order valence-corrected chi connectivity index (χ1v) is 7.72. The standard InChI is InChI=1S/C16H12ClF3N4O2/c1-7-12(16(21)25)14(15(19)20)22-24(7)6-8-5-11(23-26-8)13-9(17)3-2-4-10(13)18/h2-5,15H,6H2,1H3,(H2,21,25). The molecule has 0 aliphatic rings. The van der Waals surface area contributed by atoms with Crippen molar-refractivity contribution in [3.63, 3.8) is 0 Å². The van der Waals surface area contributed by atoms with E-state index in [-0.39, 0.29) is 39.8 Å². The van der Waals surface area contributed by atoms with E-state index >= 15 is 0 Å². The Bertz CT molecular complexity index is 964. The van der Waals surface area contributed by atoms with Crippen LogP contribution in [0.3, 0.4) is 0 Å². The Balaban J connectivity index is 1.96. The fourth-order valence-electron chi connectivity index (χ4n) is 2.58. The molecule has 0 atom stereocenters. The van der Waals surface area contributed by atoms with Crippen molar-refractivity contribution in [1.29, 1.82) is 0 Å². The molecule has 2 aromatic heterocycles. The van der Waals surface area contributed by atoms with Crippen LogP contribution in [0.15, 0.2) is 28.8 Å². The molecular formula is C16H12ClF3N4O2. The molecule has 0 aliphatic heterocycles. The average Bonchev–Trinajstić information content (AvgIpc) is 3.13. The van der Waals surface area contributed by atoms with Crippen LogP contribution in [0.2, 0.25) is 5.02 Å². The molecular weight excluding hydrogens is 373 g/mol. The van der Waals surface area contributed by atoms with Crippen LogP contribution in [0.1, 0.15) is 33.9 Å². The predicted molar refractivity (Wildman–Crippen MR) is 86.4 cm³/mol. The number of carbonyl (C=O) groups is 1. The van der Waals surface area contributed by atoms with E-state index in [0.29, 0.717) is 0 Å². The summed E-state index contributed by atoms with van der Waals surface area (Å²) < 4.78 is 46.3. The molecule has 2 heterocycles. The van der Waals surface area contributed by atoms with Crippen LogP contribution in [-0.4, -0.2) is 20.8 Å². The molecule has 3 aromatic rings. The third-order valence-electron chi connectivity index (χ3n) is 3.77. The van der Waals surface area contributed by atoms with Gasteiger partial charge in [0.05, 0.1) is 16.1 Å². The smallest absolute Gasteiger partial charge is 0.282 e. The van der Waals surface area contributed by atoms with Gasteiger partial charge in [-0.2, -0.15) is 5.10 Å². The summed E-state index contributed by atoms with van der Waals surface area (Å²) in [4.78, 5) is 11.4. The summed E-state index contributed by atoms with van der Waals surface area (Å²) in [5.41, 5.74) is 4.49. The summed E-state index contributed by atoms with van der Waals surface area (Å²) in [6.07, 6.45) is -2.96. The maximum absolute atomic E-state index is 14.0. The van der Waals surface area contributed by atoms with Gasteiger partial charge in [-0.1, -0.05) is 22.8 Å². The van der Waals surface area contributed by atoms with Gasteiger partial charge in [0.25, 0.3) is 12.3 Å². The summed E-state index contributed by atoms with van der Waals surface area (Å²) in [6, 6.07) is 5.59. The van der Waals surface area contributed by atoms with E-state index in [4.69, 9.17) is 21.9 Å². The number of hydrogen-bond donors (Lipinski definition) is 1. The van der Waals surface area contributed by atoms with Crippen LogP contribution in [0.4, 0.5) is 13.2 Å². The first-order chi connectivity index (χ1) is 12.3. The Morgan fingerprint density at radius 2 is 2.15 bits per heavy atom. The number of primary amides is 1. The number of aromatic nitrogens is 3. The van der Waals surface area contributed by atoms with Crippen molar-refractivity contribution in [2.45, 2.75) is 19.9 Å². The number of nitrogens with two attached hydrogens (primary N) is 1. The van der Waals surface area contributed by atoms with E-state index in [1.807, 2.05) is 0 Å². The number of amides is 1. The molecule has 1 amide bonds. The Labute approximate surface area is 150 Å². The molecule has 0 radical (unpaired) electrons. The largest absolute Gasteiger partial charge is 0.365 e. The van der Waals surface area contributed by atoms with Crippen LogP contribution < -0.4 is 5.73 Å². The van der Waals surface area contributed by atoms with Crippen molar-refractivity contribution in [1.82, 2.24) is 14.9 Å². The third kappa shape index (κ3) is 3.17. The Morgan fingerprint density at radius 1 is 1.42 bits per heavy atom. The minimum absolute atomic E-state index is 0.0625. The molecule has 0 unspecified atom stereocenters. The topological polar surface area (TPSA) is 86.9 Å². The van der Waals surface area contributed by atoms with Crippen LogP contribution in [-0.2, 0) is 6.54 Å². The summed E-state index contributed by atoms with van der Waals surface area (Å²) in [7, 11) is 0. The van der Waals surface area contributed by atoms with E-state index in [1.165, 1.54) is 31.2 Å². The Hall–Kier alpha value is -2.81. The van der Waals surface area contributed by atoms with Crippen LogP contribution in [0.5, 0.6) is 0 Å². The lowest BCUT2D eigenvalue weighted by atomic mass is 10.1. The van der Waals surface area contributed by atoms with Crippen molar-refractivity contribution < 1.29 is 22.5 Å². The fraction of sp³-hybridized carbons (Fsp3) is 0.188. The maximum atomic E-state index is 14.0. The minimum atomic E-state index is -2.96. The fourth-order valence-corrected chi connectivity index (χ4v) is 2.84. The van der Waals surface area contributed by atoms with Crippen molar-refractivity contribution in [3.8, 4) is 11.3 Å². The molecule has 6 nitrogen and oxygen atoms in total. The highest BCUT2D eigenvalue weighted by atomic mass is 35.5. The number of carbonyl (C=O) groups excluding carboxylic acids is 1. The van der Waals surface area contributed by atoms with Crippen LogP contribution >= 0.6 is 11.6 Å². The van der Waals surface area contributed by atoms with Crippen LogP contribution in [0.25, 0.3) is 11.3 Å². The van der Waals surface area contributed by atoms with E-state index in [0.717, 1.165) is 4.68 Å². The van der Waals surface area contributed by atoms with Crippen molar-refractivity contribution in [2.75, 3.05) is 0 Å². The van der Waals surface area contributed by atoms with Crippen LogP contribution in [0, 0.1) is 12.7 Å². The van der Waals surface area contributed by atoms with E-state index in [2.05, 4.69) is 10.3 Å². The van der Waals surface area contributed by atoms with Crippen molar-refractivity contribution in [3.05, 3.63) is 57.8 Å². The van der Waals surface area contributed by atoms with Gasteiger partial charge >= 0.3 is 0 Å². The van der Waals surface area contributed by atoms with Gasteiger partial charge < -0.3 is 10.3 Å². The van der Waals surface area contributed by atoms with Crippen molar-refractivity contribution >= 4 is 17.5 Å². The van der Waals surface area contributed by atoms with Crippen molar-refractivity contribution in [2.24, 2.45) is 5.73 Å². The molecule has 136 valence electrons. The first kappa shape index (κ1) is 18.0. The lowest BCUT2D eigenvalue weighted by Gasteiger charge is -2.01. The summed E-state index contributed by atoms with van der Waals surface area (Å²) in [5.74, 6) is -1.37. The van der Waals surface area contributed by atoms with E-state index in [1.54, 1.807) is 0 Å². The second-order valence-electron chi connectivity index (χ2n) is 5.44. The minimum Gasteiger partial charge on any atom is -0.365 e. The summed E-state index contributed by atoms with van der Waals surface area (Å²) >= 11 is 5.98. The molecule has 0 aliphatic carbocycles. The Morgan fingerprint density at radius 3 is 2.73 bits per heavy atom. The second-order valence-corrected chi connectivity index (χ2v) is 5.85. The molecule has 0 bridgehead atoms. The van der Waals surface area contributed by atoms with Gasteiger partial charge in [-0.05, 0) is 19.1 Å². The van der Waals surface area contributed by atoms with Gasteiger partial charge in [0.2, 0.25) is 0 Å². The monoisotopic (exact) mass is 384 g/mol. The van der Waals surface area contributed by atoms with Gasteiger partial charge in [0, 0.05) is 11.8 Å². The number of benzene rings is 1. The molecule has 0 spiro atoms. The first-order valence-electron chi connectivity index (χ1n) is 7.34. The second kappa shape index (κ2) is 6.83. The molecule has 10 heteroatoms. The molecule has 3 rings (SSSR count). The van der Waals surface area contributed by atoms with Gasteiger partial charge in [0.1, 0.15) is 23.7 Å². The highest BCUT2D eigenvalue weighted by Gasteiger charge is 2.26. The lowest BCUT2D eigenvalue weighted by molar-refractivity contribution is 0.0984. The third-order valence-corrected chi connectivity index (χ3v) is 4.09. The Kier molecular flexibility index (Phi) is 4.73. The zero-order valence-corrected chi connectivity index (χ0v) is 14.1.